The van der Waals surface area contributed by atoms with Crippen molar-refractivity contribution in [3.63, 3.8) is 0 Å². The highest BCUT2D eigenvalue weighted by molar-refractivity contribution is 5.41. The van der Waals surface area contributed by atoms with Gasteiger partial charge in [-0.15, -0.1) is 0 Å². The van der Waals surface area contributed by atoms with Gasteiger partial charge in [0, 0.05) is 11.5 Å². The van der Waals surface area contributed by atoms with Crippen LogP contribution in [0.25, 0.3) is 0 Å². The van der Waals surface area contributed by atoms with E-state index in [1.54, 1.807) is 6.07 Å². The first-order chi connectivity index (χ1) is 7.24. The molecule has 80 valence electrons. The Morgan fingerprint density at radius 1 is 1.33 bits per heavy atom. The van der Waals surface area contributed by atoms with Crippen LogP contribution in [0.4, 0.5) is 4.39 Å². The van der Waals surface area contributed by atoms with E-state index >= 15 is 0 Å². The fourth-order valence-electron chi connectivity index (χ4n) is 3.29. The molecule has 15 heavy (non-hydrogen) atoms. The van der Waals surface area contributed by atoms with Gasteiger partial charge in [-0.1, -0.05) is 18.6 Å². The molecule has 3 rings (SSSR count). The summed E-state index contributed by atoms with van der Waals surface area (Å²) < 4.78 is 13.9. The van der Waals surface area contributed by atoms with Crippen molar-refractivity contribution in [2.45, 2.75) is 43.6 Å². The zero-order chi connectivity index (χ0) is 10.5. The number of aryl methyl sites for hydroxylation is 1. The van der Waals surface area contributed by atoms with Gasteiger partial charge in [0.2, 0.25) is 0 Å². The molecule has 2 aliphatic carbocycles. The number of benzene rings is 1. The second kappa shape index (κ2) is 3.05. The lowest BCUT2D eigenvalue weighted by Gasteiger charge is -2.50. The summed E-state index contributed by atoms with van der Waals surface area (Å²) in [4.78, 5) is 0. The summed E-state index contributed by atoms with van der Waals surface area (Å²) in [5.41, 5.74) is 8.31. The quantitative estimate of drug-likeness (QED) is 0.692. The monoisotopic (exact) mass is 205 g/mol. The summed E-state index contributed by atoms with van der Waals surface area (Å²) >= 11 is 0. The predicted octanol–water partition coefficient (Wildman–Crippen LogP) is 2.52. The molecule has 1 saturated carbocycles. The number of hydrogen-bond donors (Lipinski definition) is 1. The van der Waals surface area contributed by atoms with Crippen molar-refractivity contribution in [2.75, 3.05) is 0 Å². The van der Waals surface area contributed by atoms with Crippen molar-refractivity contribution in [1.82, 2.24) is 0 Å². The standard InChI is InChI=1S/C13H16FN/c14-10-4-1-3-9-5-6-11(15)13(12(9)10)7-2-8-13/h1,3-4,11H,2,5-8,15H2. The largest absolute Gasteiger partial charge is 0.327 e. The smallest absolute Gasteiger partial charge is 0.127 e. The van der Waals surface area contributed by atoms with Gasteiger partial charge in [-0.05, 0) is 42.9 Å². The van der Waals surface area contributed by atoms with Gasteiger partial charge in [0.1, 0.15) is 5.82 Å². The Bertz CT molecular complexity index is 396. The normalized spacial score (nSPS) is 27.2. The predicted molar refractivity (Wildman–Crippen MR) is 58.2 cm³/mol. The number of rotatable bonds is 0. The first kappa shape index (κ1) is 9.34. The first-order valence-corrected chi connectivity index (χ1v) is 5.77. The van der Waals surface area contributed by atoms with Crippen LogP contribution in [0, 0.1) is 5.82 Å². The van der Waals surface area contributed by atoms with Crippen molar-refractivity contribution < 1.29 is 4.39 Å². The van der Waals surface area contributed by atoms with Gasteiger partial charge < -0.3 is 5.73 Å². The second-order valence-corrected chi connectivity index (χ2v) is 4.93. The van der Waals surface area contributed by atoms with E-state index in [0.717, 1.165) is 31.2 Å². The molecule has 0 radical (unpaired) electrons. The van der Waals surface area contributed by atoms with E-state index in [9.17, 15) is 4.39 Å². The van der Waals surface area contributed by atoms with Crippen molar-refractivity contribution in [2.24, 2.45) is 5.73 Å². The lowest BCUT2D eigenvalue weighted by molar-refractivity contribution is 0.170. The van der Waals surface area contributed by atoms with Crippen LogP contribution in [0.5, 0.6) is 0 Å². The molecule has 2 heteroatoms. The Morgan fingerprint density at radius 2 is 2.13 bits per heavy atom. The van der Waals surface area contributed by atoms with Gasteiger partial charge in [-0.2, -0.15) is 0 Å². The number of nitrogens with two attached hydrogens (primary N) is 1. The van der Waals surface area contributed by atoms with Gasteiger partial charge in [0.15, 0.2) is 0 Å². The van der Waals surface area contributed by atoms with E-state index in [4.69, 9.17) is 5.73 Å². The van der Waals surface area contributed by atoms with E-state index in [1.165, 1.54) is 12.0 Å². The molecule has 1 fully saturated rings. The van der Waals surface area contributed by atoms with Gasteiger partial charge in [-0.25, -0.2) is 4.39 Å². The fraction of sp³-hybridized carbons (Fsp3) is 0.538. The Morgan fingerprint density at radius 3 is 2.80 bits per heavy atom. The number of halogens is 1. The molecule has 1 unspecified atom stereocenters. The number of hydrogen-bond acceptors (Lipinski definition) is 1. The van der Waals surface area contributed by atoms with Crippen LogP contribution in [0.15, 0.2) is 18.2 Å². The molecular weight excluding hydrogens is 189 g/mol. The van der Waals surface area contributed by atoms with Crippen LogP contribution in [-0.4, -0.2) is 6.04 Å². The van der Waals surface area contributed by atoms with Crippen molar-refractivity contribution in [3.05, 3.63) is 35.1 Å². The maximum absolute atomic E-state index is 13.9. The zero-order valence-electron chi connectivity index (χ0n) is 8.80. The highest BCUT2D eigenvalue weighted by Crippen LogP contribution is 2.51. The highest BCUT2D eigenvalue weighted by Gasteiger charge is 2.48. The highest BCUT2D eigenvalue weighted by atomic mass is 19.1. The Labute approximate surface area is 89.5 Å². The van der Waals surface area contributed by atoms with Crippen molar-refractivity contribution in [3.8, 4) is 0 Å². The Kier molecular flexibility index (Phi) is 1.90. The molecule has 0 aliphatic heterocycles. The lowest BCUT2D eigenvalue weighted by atomic mass is 9.56. The molecule has 1 aromatic rings. The second-order valence-electron chi connectivity index (χ2n) is 4.93. The Balaban J connectivity index is 2.18. The van der Waals surface area contributed by atoms with E-state index in [-0.39, 0.29) is 17.3 Å². The molecule has 0 saturated heterocycles. The maximum Gasteiger partial charge on any atom is 0.127 e. The summed E-state index contributed by atoms with van der Waals surface area (Å²) in [5.74, 6) is -0.0395. The molecule has 2 N–H and O–H groups in total. The SMILES string of the molecule is NC1CCc2cccc(F)c2C12CCC2. The minimum Gasteiger partial charge on any atom is -0.327 e. The molecule has 0 amide bonds. The molecule has 1 aromatic carbocycles. The molecule has 1 spiro atoms. The first-order valence-electron chi connectivity index (χ1n) is 5.77. The van der Waals surface area contributed by atoms with Gasteiger partial charge in [-0.3, -0.25) is 0 Å². The maximum atomic E-state index is 13.9. The summed E-state index contributed by atoms with van der Waals surface area (Å²) in [5, 5.41) is 0. The van der Waals surface area contributed by atoms with Gasteiger partial charge in [0.05, 0.1) is 0 Å². The molecule has 1 nitrogen and oxygen atoms in total. The average molecular weight is 205 g/mol. The van der Waals surface area contributed by atoms with Gasteiger partial charge in [0.25, 0.3) is 0 Å². The topological polar surface area (TPSA) is 26.0 Å². The molecule has 1 atom stereocenters. The third-order valence-electron chi connectivity index (χ3n) is 4.28. The van der Waals surface area contributed by atoms with Crippen LogP contribution in [0.3, 0.4) is 0 Å². The third-order valence-corrected chi connectivity index (χ3v) is 4.28. The van der Waals surface area contributed by atoms with Crippen molar-refractivity contribution in [1.29, 1.82) is 0 Å². The minimum absolute atomic E-state index is 0.0150. The molecule has 0 bridgehead atoms. The number of fused-ring (bicyclic) bond motifs is 2. The minimum atomic E-state index is -0.0395. The van der Waals surface area contributed by atoms with E-state index in [0.29, 0.717) is 0 Å². The van der Waals surface area contributed by atoms with Crippen LogP contribution in [0.1, 0.15) is 36.8 Å². The van der Waals surface area contributed by atoms with Crippen LogP contribution >= 0.6 is 0 Å². The van der Waals surface area contributed by atoms with Crippen LogP contribution in [0.2, 0.25) is 0 Å². The Hall–Kier alpha value is -0.890. The van der Waals surface area contributed by atoms with E-state index in [2.05, 4.69) is 6.07 Å². The fourth-order valence-corrected chi connectivity index (χ4v) is 3.29. The third kappa shape index (κ3) is 1.11. The molecular formula is C13H16FN. The average Bonchev–Trinajstić information content (AvgIpc) is 2.16. The summed E-state index contributed by atoms with van der Waals surface area (Å²) in [6.07, 6.45) is 5.29. The molecule has 0 aromatic heterocycles. The summed E-state index contributed by atoms with van der Waals surface area (Å²) in [6, 6.07) is 5.62. The van der Waals surface area contributed by atoms with E-state index in [1.807, 2.05) is 6.07 Å². The van der Waals surface area contributed by atoms with Crippen LogP contribution < -0.4 is 5.73 Å². The van der Waals surface area contributed by atoms with E-state index < -0.39 is 0 Å². The summed E-state index contributed by atoms with van der Waals surface area (Å²) in [7, 11) is 0. The molecule has 0 heterocycles. The van der Waals surface area contributed by atoms with Crippen molar-refractivity contribution >= 4 is 0 Å². The zero-order valence-corrected chi connectivity index (χ0v) is 8.80. The lowest BCUT2D eigenvalue weighted by Crippen LogP contribution is -2.53. The summed E-state index contributed by atoms with van der Waals surface area (Å²) in [6.45, 7) is 0. The van der Waals surface area contributed by atoms with Gasteiger partial charge >= 0.3 is 0 Å². The molecule has 2 aliphatic rings. The van der Waals surface area contributed by atoms with Crippen LogP contribution in [-0.2, 0) is 11.8 Å².